The second-order valence-corrected chi connectivity index (χ2v) is 5.89. The molecule has 0 N–H and O–H groups in total. The van der Waals surface area contributed by atoms with Gasteiger partial charge in [0.1, 0.15) is 5.75 Å². The molecule has 0 saturated carbocycles. The highest BCUT2D eigenvalue weighted by Gasteiger charge is 2.20. The van der Waals surface area contributed by atoms with E-state index in [-0.39, 0.29) is 0 Å². The number of fused-ring (bicyclic) bond motifs is 1. The normalized spacial score (nSPS) is 15.0. The molecule has 2 heterocycles. The second-order valence-electron chi connectivity index (χ2n) is 3.66. The summed E-state index contributed by atoms with van der Waals surface area (Å²) in [6.45, 7) is 1.64. The van der Waals surface area contributed by atoms with Crippen molar-refractivity contribution >= 4 is 38.1 Å². The molecule has 0 radical (unpaired) electrons. The minimum absolute atomic E-state index is 0.744. The molecule has 0 aliphatic carbocycles. The van der Waals surface area contributed by atoms with Crippen LogP contribution in [0.15, 0.2) is 28.2 Å². The topological polar surface area (TPSA) is 38.2 Å². The Morgan fingerprint density at radius 1 is 1.29 bits per heavy atom. The third-order valence-corrected chi connectivity index (χ3v) is 3.94. The predicted molar refractivity (Wildman–Crippen MR) is 71.2 cm³/mol. The fourth-order valence-corrected chi connectivity index (χ4v) is 2.96. The van der Waals surface area contributed by atoms with Crippen LogP contribution in [0.5, 0.6) is 5.75 Å². The zero-order chi connectivity index (χ0) is 11.7. The molecule has 0 bridgehead atoms. The number of ether oxygens (including phenoxy) is 1. The maximum absolute atomic E-state index is 5.71. The highest BCUT2D eigenvalue weighted by Crippen LogP contribution is 2.37. The number of anilines is 2. The van der Waals surface area contributed by atoms with Gasteiger partial charge in [-0.15, -0.1) is 10.2 Å². The van der Waals surface area contributed by atoms with Gasteiger partial charge in [-0.1, -0.05) is 23.5 Å². The number of aromatic nitrogens is 2. The highest BCUT2D eigenvalue weighted by atomic mass is 79.9. The maximum atomic E-state index is 5.71. The maximum Gasteiger partial charge on any atom is 0.213 e. The molecule has 4 nitrogen and oxygen atoms in total. The summed E-state index contributed by atoms with van der Waals surface area (Å²) in [5.41, 5.74) is 1.06. The predicted octanol–water partition coefficient (Wildman–Crippen LogP) is 3.22. The van der Waals surface area contributed by atoms with Gasteiger partial charge in [0.05, 0.1) is 12.3 Å². The molecule has 0 atom stereocenters. The molecule has 2 aromatic rings. The van der Waals surface area contributed by atoms with Gasteiger partial charge in [0.25, 0.3) is 0 Å². The van der Waals surface area contributed by atoms with Gasteiger partial charge >= 0.3 is 0 Å². The van der Waals surface area contributed by atoms with E-state index in [0.717, 1.165) is 40.1 Å². The lowest BCUT2D eigenvalue weighted by Gasteiger charge is -2.19. The van der Waals surface area contributed by atoms with Crippen LogP contribution in [0.25, 0.3) is 0 Å². The quantitative estimate of drug-likeness (QED) is 0.810. The Kier molecular flexibility index (Phi) is 2.98. The molecule has 0 unspecified atom stereocenters. The van der Waals surface area contributed by atoms with E-state index in [1.807, 2.05) is 18.2 Å². The third kappa shape index (κ3) is 2.14. The molecule has 1 aliphatic rings. The molecule has 1 aliphatic heterocycles. The minimum Gasteiger partial charge on any atom is -0.491 e. The average Bonchev–Trinajstić information content (AvgIpc) is 2.66. The molecule has 1 aromatic heterocycles. The zero-order valence-electron chi connectivity index (χ0n) is 8.97. The molecule has 17 heavy (non-hydrogen) atoms. The van der Waals surface area contributed by atoms with Crippen molar-refractivity contribution in [3.8, 4) is 5.75 Å². The summed E-state index contributed by atoms with van der Waals surface area (Å²) in [5.74, 6) is 0.913. The first-order valence-corrected chi connectivity index (χ1v) is 6.94. The molecule has 0 spiro atoms. The summed E-state index contributed by atoms with van der Waals surface area (Å²) in [4.78, 5) is 2.16. The van der Waals surface area contributed by atoms with Crippen LogP contribution in [0.2, 0.25) is 0 Å². The van der Waals surface area contributed by atoms with Gasteiger partial charge in [-0.3, -0.25) is 0 Å². The lowest BCUT2D eigenvalue weighted by atomic mass is 10.2. The van der Waals surface area contributed by atoms with Crippen molar-refractivity contribution in [2.45, 2.75) is 6.42 Å². The Morgan fingerprint density at radius 2 is 2.18 bits per heavy atom. The van der Waals surface area contributed by atoms with Crippen molar-refractivity contribution in [3.05, 3.63) is 28.2 Å². The average molecular weight is 312 g/mol. The molecular formula is C11H10BrN3OS. The molecule has 88 valence electrons. The molecule has 0 fully saturated rings. The molecule has 0 amide bonds. The summed E-state index contributed by atoms with van der Waals surface area (Å²) < 4.78 is 6.51. The smallest absolute Gasteiger partial charge is 0.213 e. The van der Waals surface area contributed by atoms with E-state index in [1.54, 1.807) is 0 Å². The summed E-state index contributed by atoms with van der Waals surface area (Å²) in [7, 11) is 0. The lowest BCUT2D eigenvalue weighted by Crippen LogP contribution is -2.17. The second kappa shape index (κ2) is 4.62. The Morgan fingerprint density at radius 3 is 3.00 bits per heavy atom. The Balaban J connectivity index is 2.05. The number of hydrogen-bond donors (Lipinski definition) is 0. The lowest BCUT2D eigenvalue weighted by molar-refractivity contribution is 0.322. The minimum atomic E-state index is 0.744. The van der Waals surface area contributed by atoms with E-state index in [2.05, 4.69) is 37.1 Å². The first kappa shape index (κ1) is 11.0. The Labute approximate surface area is 111 Å². The van der Waals surface area contributed by atoms with Gasteiger partial charge in [-0.25, -0.2) is 0 Å². The van der Waals surface area contributed by atoms with E-state index in [4.69, 9.17) is 4.74 Å². The van der Waals surface area contributed by atoms with Crippen molar-refractivity contribution in [1.29, 1.82) is 0 Å². The van der Waals surface area contributed by atoms with Crippen molar-refractivity contribution in [2.75, 3.05) is 18.1 Å². The van der Waals surface area contributed by atoms with Gasteiger partial charge in [0.2, 0.25) is 5.13 Å². The molecular weight excluding hydrogens is 302 g/mol. The zero-order valence-corrected chi connectivity index (χ0v) is 11.4. The monoisotopic (exact) mass is 311 g/mol. The van der Waals surface area contributed by atoms with Crippen LogP contribution in [-0.2, 0) is 0 Å². The fraction of sp³-hybridized carbons (Fsp3) is 0.273. The van der Waals surface area contributed by atoms with Crippen molar-refractivity contribution in [1.82, 2.24) is 10.2 Å². The van der Waals surface area contributed by atoms with Gasteiger partial charge in [-0.2, -0.15) is 0 Å². The molecule has 6 heteroatoms. The van der Waals surface area contributed by atoms with Gasteiger partial charge < -0.3 is 9.64 Å². The SMILES string of the molecule is Brc1nnc(N2CCCOc3ccccc32)s1. The number of hydrogen-bond acceptors (Lipinski definition) is 5. The van der Waals surface area contributed by atoms with Crippen molar-refractivity contribution in [3.63, 3.8) is 0 Å². The van der Waals surface area contributed by atoms with Crippen LogP contribution in [0.4, 0.5) is 10.8 Å². The van der Waals surface area contributed by atoms with Gasteiger partial charge in [-0.05, 0) is 34.5 Å². The van der Waals surface area contributed by atoms with Gasteiger partial charge in [0, 0.05) is 6.54 Å². The highest BCUT2D eigenvalue weighted by molar-refractivity contribution is 9.11. The molecule has 0 saturated heterocycles. The van der Waals surface area contributed by atoms with Crippen LogP contribution < -0.4 is 9.64 Å². The molecule has 1 aromatic carbocycles. The Hall–Kier alpha value is -1.14. The van der Waals surface area contributed by atoms with Crippen LogP contribution in [0.3, 0.4) is 0 Å². The van der Waals surface area contributed by atoms with Crippen LogP contribution in [0, 0.1) is 0 Å². The largest absolute Gasteiger partial charge is 0.491 e. The van der Waals surface area contributed by atoms with E-state index < -0.39 is 0 Å². The number of rotatable bonds is 1. The van der Waals surface area contributed by atoms with Crippen LogP contribution in [0.1, 0.15) is 6.42 Å². The number of para-hydroxylation sites is 2. The third-order valence-electron chi connectivity index (χ3n) is 2.56. The summed E-state index contributed by atoms with van der Waals surface area (Å²) in [5, 5.41) is 9.07. The number of nitrogens with zero attached hydrogens (tertiary/aromatic N) is 3. The van der Waals surface area contributed by atoms with Crippen molar-refractivity contribution < 1.29 is 4.74 Å². The number of benzene rings is 1. The van der Waals surface area contributed by atoms with E-state index >= 15 is 0 Å². The summed E-state index contributed by atoms with van der Waals surface area (Å²) in [6, 6.07) is 8.04. The van der Waals surface area contributed by atoms with Crippen LogP contribution >= 0.6 is 27.3 Å². The summed E-state index contributed by atoms with van der Waals surface area (Å²) >= 11 is 4.88. The first-order chi connectivity index (χ1) is 8.34. The van der Waals surface area contributed by atoms with Gasteiger partial charge in [0.15, 0.2) is 3.92 Å². The fourth-order valence-electron chi connectivity index (χ4n) is 1.83. The van der Waals surface area contributed by atoms with E-state index in [9.17, 15) is 0 Å². The number of halogens is 1. The first-order valence-electron chi connectivity index (χ1n) is 5.33. The van der Waals surface area contributed by atoms with Crippen LogP contribution in [-0.4, -0.2) is 23.3 Å². The standard InChI is InChI=1S/C11H10BrN3OS/c12-10-13-14-11(17-10)15-6-3-7-16-9-5-2-1-4-8(9)15/h1-2,4-5H,3,6-7H2. The van der Waals surface area contributed by atoms with Crippen molar-refractivity contribution in [2.24, 2.45) is 0 Å². The molecule has 3 rings (SSSR count). The van der Waals surface area contributed by atoms with E-state index in [1.165, 1.54) is 11.3 Å². The van der Waals surface area contributed by atoms with E-state index in [0.29, 0.717) is 0 Å². The Bertz CT molecular complexity index is 531. The summed E-state index contributed by atoms with van der Waals surface area (Å²) in [6.07, 6.45) is 0.978.